The van der Waals surface area contributed by atoms with E-state index >= 15 is 0 Å². The van der Waals surface area contributed by atoms with Crippen molar-refractivity contribution in [2.45, 2.75) is 20.8 Å². The molecule has 0 saturated heterocycles. The van der Waals surface area contributed by atoms with Crippen molar-refractivity contribution in [3.63, 3.8) is 0 Å². The Kier molecular flexibility index (Phi) is 5.53. The lowest BCUT2D eigenvalue weighted by molar-refractivity contribution is 0.102. The van der Waals surface area contributed by atoms with Crippen molar-refractivity contribution in [3.8, 4) is 11.3 Å². The van der Waals surface area contributed by atoms with Gasteiger partial charge in [0.15, 0.2) is 5.13 Å². The van der Waals surface area contributed by atoms with E-state index in [4.69, 9.17) is 0 Å². The lowest BCUT2D eigenvalue weighted by Gasteiger charge is -2.08. The highest BCUT2D eigenvalue weighted by Crippen LogP contribution is 2.29. The van der Waals surface area contributed by atoms with Gasteiger partial charge in [-0.1, -0.05) is 12.1 Å². The van der Waals surface area contributed by atoms with Crippen LogP contribution in [0.3, 0.4) is 0 Å². The Labute approximate surface area is 168 Å². The Morgan fingerprint density at radius 3 is 2.46 bits per heavy atom. The Morgan fingerprint density at radius 1 is 1.04 bits per heavy atom. The van der Waals surface area contributed by atoms with Gasteiger partial charge in [-0.25, -0.2) is 13.4 Å². The summed E-state index contributed by atoms with van der Waals surface area (Å²) in [7, 11) is -3.41. The van der Waals surface area contributed by atoms with Gasteiger partial charge in [0.2, 0.25) is 10.0 Å². The molecule has 2 N–H and O–H groups in total. The third kappa shape index (κ3) is 4.76. The molecular formula is C20H21N3O3S2. The minimum absolute atomic E-state index is 0.334. The fourth-order valence-electron chi connectivity index (χ4n) is 2.80. The molecule has 0 aliphatic heterocycles. The molecule has 0 radical (unpaired) electrons. The summed E-state index contributed by atoms with van der Waals surface area (Å²) in [6.45, 7) is 6.18. The SMILES string of the molecule is Cc1cc(C)c(-c2csc(NC(=O)c3cccc(NS(C)(=O)=O)c3)n2)cc1C. The number of nitrogens with zero attached hydrogens (tertiary/aromatic N) is 1. The third-order valence-corrected chi connectivity index (χ3v) is 5.63. The molecule has 0 bridgehead atoms. The molecule has 28 heavy (non-hydrogen) atoms. The zero-order chi connectivity index (χ0) is 20.5. The highest BCUT2D eigenvalue weighted by atomic mass is 32.2. The first-order valence-electron chi connectivity index (χ1n) is 8.55. The molecule has 0 spiro atoms. The second-order valence-electron chi connectivity index (χ2n) is 6.70. The fraction of sp³-hybridized carbons (Fsp3) is 0.200. The number of nitrogens with one attached hydrogen (secondary N) is 2. The molecule has 0 atom stereocenters. The summed E-state index contributed by atoms with van der Waals surface area (Å²) < 4.78 is 25.1. The van der Waals surface area contributed by atoms with Gasteiger partial charge >= 0.3 is 0 Å². The van der Waals surface area contributed by atoms with Crippen LogP contribution in [-0.2, 0) is 10.0 Å². The number of hydrogen-bond donors (Lipinski definition) is 2. The molecule has 0 aliphatic rings. The number of benzene rings is 2. The van der Waals surface area contributed by atoms with Crippen molar-refractivity contribution < 1.29 is 13.2 Å². The average molecular weight is 416 g/mol. The van der Waals surface area contributed by atoms with Crippen molar-refractivity contribution in [2.24, 2.45) is 0 Å². The number of carbonyl (C=O) groups excluding carboxylic acids is 1. The van der Waals surface area contributed by atoms with Crippen LogP contribution in [0, 0.1) is 20.8 Å². The molecule has 6 nitrogen and oxygen atoms in total. The molecule has 2 aromatic carbocycles. The quantitative estimate of drug-likeness (QED) is 0.648. The van der Waals surface area contributed by atoms with E-state index in [-0.39, 0.29) is 5.91 Å². The van der Waals surface area contributed by atoms with Crippen LogP contribution in [0.1, 0.15) is 27.0 Å². The van der Waals surface area contributed by atoms with Crippen LogP contribution in [0.15, 0.2) is 41.8 Å². The van der Waals surface area contributed by atoms with Gasteiger partial charge in [0.05, 0.1) is 11.9 Å². The molecule has 0 fully saturated rings. The lowest BCUT2D eigenvalue weighted by atomic mass is 9.99. The van der Waals surface area contributed by atoms with Crippen molar-refractivity contribution >= 4 is 38.1 Å². The van der Waals surface area contributed by atoms with Crippen LogP contribution >= 0.6 is 11.3 Å². The van der Waals surface area contributed by atoms with Gasteiger partial charge < -0.3 is 0 Å². The second kappa shape index (κ2) is 7.73. The maximum Gasteiger partial charge on any atom is 0.257 e. The van der Waals surface area contributed by atoms with Gasteiger partial charge in [0, 0.05) is 22.2 Å². The predicted octanol–water partition coefficient (Wildman–Crippen LogP) is 4.36. The van der Waals surface area contributed by atoms with Crippen LogP contribution in [-0.4, -0.2) is 25.6 Å². The van der Waals surface area contributed by atoms with E-state index in [9.17, 15) is 13.2 Å². The van der Waals surface area contributed by atoms with E-state index in [0.29, 0.717) is 16.4 Å². The minimum Gasteiger partial charge on any atom is -0.298 e. The van der Waals surface area contributed by atoms with Crippen molar-refractivity contribution in [3.05, 3.63) is 64.0 Å². The summed E-state index contributed by atoms with van der Waals surface area (Å²) in [5.74, 6) is -0.352. The molecular weight excluding hydrogens is 394 g/mol. The van der Waals surface area contributed by atoms with Gasteiger partial charge in [-0.15, -0.1) is 11.3 Å². The Bertz CT molecular complexity index is 1150. The first kappa shape index (κ1) is 20.0. The van der Waals surface area contributed by atoms with Crippen LogP contribution in [0.25, 0.3) is 11.3 Å². The molecule has 1 heterocycles. The van der Waals surface area contributed by atoms with E-state index in [2.05, 4.69) is 41.0 Å². The van der Waals surface area contributed by atoms with Gasteiger partial charge in [-0.05, 0) is 61.7 Å². The van der Waals surface area contributed by atoms with E-state index < -0.39 is 10.0 Å². The summed E-state index contributed by atoms with van der Waals surface area (Å²) in [5, 5.41) is 5.17. The third-order valence-electron chi connectivity index (χ3n) is 4.27. The number of amides is 1. The summed E-state index contributed by atoms with van der Waals surface area (Å²) >= 11 is 1.35. The first-order valence-corrected chi connectivity index (χ1v) is 11.3. The predicted molar refractivity (Wildman–Crippen MR) is 115 cm³/mol. The van der Waals surface area contributed by atoms with Gasteiger partial charge in [0.1, 0.15) is 0 Å². The Morgan fingerprint density at radius 2 is 1.75 bits per heavy atom. The van der Waals surface area contributed by atoms with E-state index in [1.54, 1.807) is 18.2 Å². The number of sulfonamides is 1. The fourth-order valence-corrected chi connectivity index (χ4v) is 4.06. The second-order valence-corrected chi connectivity index (χ2v) is 9.31. The van der Waals surface area contributed by atoms with Crippen molar-refractivity contribution in [1.29, 1.82) is 0 Å². The Hall–Kier alpha value is -2.71. The van der Waals surface area contributed by atoms with Crippen LogP contribution in [0.4, 0.5) is 10.8 Å². The smallest absolute Gasteiger partial charge is 0.257 e. The lowest BCUT2D eigenvalue weighted by Crippen LogP contribution is -2.13. The molecule has 0 aliphatic carbocycles. The van der Waals surface area contributed by atoms with Gasteiger partial charge in [-0.2, -0.15) is 0 Å². The number of carbonyl (C=O) groups is 1. The summed E-state index contributed by atoms with van der Waals surface area (Å²) in [4.78, 5) is 17.1. The highest BCUT2D eigenvalue weighted by Gasteiger charge is 2.13. The summed E-state index contributed by atoms with van der Waals surface area (Å²) in [6, 6.07) is 10.5. The molecule has 0 saturated carbocycles. The number of hydrogen-bond acceptors (Lipinski definition) is 5. The summed E-state index contributed by atoms with van der Waals surface area (Å²) in [6.07, 6.45) is 1.06. The highest BCUT2D eigenvalue weighted by molar-refractivity contribution is 7.92. The number of aromatic nitrogens is 1. The molecule has 1 aromatic heterocycles. The number of anilines is 2. The molecule has 1 amide bonds. The number of aryl methyl sites for hydroxylation is 3. The van der Waals surface area contributed by atoms with E-state index in [0.717, 1.165) is 23.1 Å². The molecule has 3 aromatic rings. The zero-order valence-corrected chi connectivity index (χ0v) is 17.7. The first-order chi connectivity index (χ1) is 13.1. The van der Waals surface area contributed by atoms with Crippen molar-refractivity contribution in [2.75, 3.05) is 16.3 Å². The zero-order valence-electron chi connectivity index (χ0n) is 16.0. The maximum atomic E-state index is 12.5. The molecule has 3 rings (SSSR count). The van der Waals surface area contributed by atoms with Gasteiger partial charge in [0.25, 0.3) is 5.91 Å². The monoisotopic (exact) mass is 415 g/mol. The minimum atomic E-state index is -3.41. The largest absolute Gasteiger partial charge is 0.298 e. The Balaban J connectivity index is 1.80. The average Bonchev–Trinajstić information content (AvgIpc) is 3.05. The van der Waals surface area contributed by atoms with Crippen LogP contribution in [0.5, 0.6) is 0 Å². The molecule has 146 valence electrons. The van der Waals surface area contributed by atoms with Crippen LogP contribution < -0.4 is 10.0 Å². The maximum absolute atomic E-state index is 12.5. The normalized spacial score (nSPS) is 11.3. The topological polar surface area (TPSA) is 88.2 Å². The standard InChI is InChI=1S/C20H21N3O3S2/c1-12-8-14(3)17(9-13(12)2)18-11-27-20(21-18)22-19(24)15-6-5-7-16(10-15)23-28(4,25)26/h5-11,23H,1-4H3,(H,21,22,24). The van der Waals surface area contributed by atoms with E-state index in [1.165, 1.54) is 28.5 Å². The van der Waals surface area contributed by atoms with Crippen molar-refractivity contribution in [1.82, 2.24) is 4.98 Å². The molecule has 0 unspecified atom stereocenters. The van der Waals surface area contributed by atoms with Crippen LogP contribution in [0.2, 0.25) is 0 Å². The summed E-state index contributed by atoms with van der Waals surface area (Å²) in [5.41, 5.74) is 6.08. The molecule has 8 heteroatoms. The number of rotatable bonds is 5. The van der Waals surface area contributed by atoms with E-state index in [1.807, 2.05) is 12.3 Å². The number of thiazole rings is 1. The van der Waals surface area contributed by atoms with Gasteiger partial charge in [-0.3, -0.25) is 14.8 Å².